The van der Waals surface area contributed by atoms with Crippen LogP contribution in [0.3, 0.4) is 0 Å². The smallest absolute Gasteiger partial charge is 0.345 e. The van der Waals surface area contributed by atoms with Crippen molar-refractivity contribution in [1.82, 2.24) is 9.78 Å². The molecule has 9 nitrogen and oxygen atoms in total. The van der Waals surface area contributed by atoms with Crippen LogP contribution in [0.15, 0.2) is 22.9 Å². The van der Waals surface area contributed by atoms with Gasteiger partial charge in [-0.15, -0.1) is 4.40 Å². The quantitative estimate of drug-likeness (QED) is 0.453. The lowest BCUT2D eigenvalue weighted by Crippen LogP contribution is -2.44. The first-order valence-corrected chi connectivity index (χ1v) is 13.3. The van der Waals surface area contributed by atoms with E-state index < -0.39 is 35.2 Å². The summed E-state index contributed by atoms with van der Waals surface area (Å²) in [6.07, 6.45) is 6.14. The summed E-state index contributed by atoms with van der Waals surface area (Å²) >= 11 is 0. The number of nitrogens with one attached hydrogen (secondary N) is 1. The zero-order valence-electron chi connectivity index (χ0n) is 19.3. The number of nitrogens with zero attached hydrogens (tertiary/aromatic N) is 4. The third-order valence-corrected chi connectivity index (χ3v) is 8.28. The summed E-state index contributed by atoms with van der Waals surface area (Å²) in [5.74, 6) is 0. The Kier molecular flexibility index (Phi) is 6.67. The van der Waals surface area contributed by atoms with Gasteiger partial charge < -0.3 is 15.2 Å². The van der Waals surface area contributed by atoms with Gasteiger partial charge in [0.1, 0.15) is 6.54 Å². The van der Waals surface area contributed by atoms with Gasteiger partial charge in [0.2, 0.25) is 0 Å². The molecular weight excluding hydrogens is 480 g/mol. The molecule has 3 aliphatic rings. The van der Waals surface area contributed by atoms with Crippen molar-refractivity contribution in [3.63, 3.8) is 0 Å². The van der Waals surface area contributed by atoms with Gasteiger partial charge in [-0.25, -0.2) is 13.1 Å². The van der Waals surface area contributed by atoms with E-state index in [4.69, 9.17) is 4.74 Å². The average Bonchev–Trinajstić information content (AvgIpc) is 3.55. The molecular formula is C23H28F2N5O4S-. The Morgan fingerprint density at radius 3 is 2.49 bits per heavy atom. The molecule has 1 aromatic heterocycles. The standard InChI is InChI=1S/C23H29F2N5O4S/c24-21(25)14-29-13-18(12-26-29)30(17-7-9-34-10-8-17)35(32,33)28-23(31)27-22-19-5-1-3-15(19)11-16-4-2-6-20(16)22/h11-13,17,21H,1-10,14H2,(H2,27,28,31)/p-1. The summed E-state index contributed by atoms with van der Waals surface area (Å²) in [5.41, 5.74) is 5.36. The van der Waals surface area contributed by atoms with Gasteiger partial charge in [-0.05, 0) is 73.6 Å². The Balaban J connectivity index is 1.46. The summed E-state index contributed by atoms with van der Waals surface area (Å²) in [4.78, 5) is 0. The van der Waals surface area contributed by atoms with Gasteiger partial charge in [-0.1, -0.05) is 6.07 Å². The molecule has 1 N–H and O–H groups in total. The van der Waals surface area contributed by atoms with Crippen LogP contribution in [0.4, 0.5) is 20.2 Å². The maximum Gasteiger partial charge on any atom is 0.345 e. The maximum atomic E-state index is 13.4. The largest absolute Gasteiger partial charge is 0.845 e. The van der Waals surface area contributed by atoms with E-state index in [9.17, 15) is 22.3 Å². The Morgan fingerprint density at radius 2 is 1.86 bits per heavy atom. The molecule has 0 saturated carbocycles. The molecule has 35 heavy (non-hydrogen) atoms. The summed E-state index contributed by atoms with van der Waals surface area (Å²) in [6, 6.07) is 0.731. The molecule has 12 heteroatoms. The number of ether oxygens (including phenoxy) is 1. The van der Waals surface area contributed by atoms with Gasteiger partial charge in [0, 0.05) is 25.1 Å². The molecule has 190 valence electrons. The highest BCUT2D eigenvalue weighted by Crippen LogP contribution is 2.38. The van der Waals surface area contributed by atoms with Crippen LogP contribution in [0.2, 0.25) is 0 Å². The summed E-state index contributed by atoms with van der Waals surface area (Å²) in [5, 5.41) is 19.6. The van der Waals surface area contributed by atoms with Crippen molar-refractivity contribution in [2.24, 2.45) is 4.40 Å². The van der Waals surface area contributed by atoms with Crippen LogP contribution < -0.4 is 14.7 Å². The Labute approximate surface area is 203 Å². The van der Waals surface area contributed by atoms with E-state index in [1.807, 2.05) is 0 Å². The Morgan fingerprint density at radius 1 is 1.20 bits per heavy atom. The van der Waals surface area contributed by atoms with Gasteiger partial charge in [0.25, 0.3) is 6.43 Å². The predicted molar refractivity (Wildman–Crippen MR) is 125 cm³/mol. The minimum absolute atomic E-state index is 0.0931. The minimum Gasteiger partial charge on any atom is -0.845 e. The van der Waals surface area contributed by atoms with E-state index in [1.165, 1.54) is 23.5 Å². The van der Waals surface area contributed by atoms with Crippen molar-refractivity contribution in [2.75, 3.05) is 22.8 Å². The third-order valence-electron chi connectivity index (χ3n) is 6.87. The molecule has 0 atom stereocenters. The fourth-order valence-electron chi connectivity index (χ4n) is 5.41. The second-order valence-electron chi connectivity index (χ2n) is 9.18. The highest BCUT2D eigenvalue weighted by molar-refractivity contribution is 7.91. The zero-order chi connectivity index (χ0) is 24.6. The zero-order valence-corrected chi connectivity index (χ0v) is 20.1. The van der Waals surface area contributed by atoms with Crippen molar-refractivity contribution in [2.45, 2.75) is 70.4 Å². The van der Waals surface area contributed by atoms with Crippen LogP contribution in [0, 0.1) is 0 Å². The van der Waals surface area contributed by atoms with E-state index in [0.29, 0.717) is 31.7 Å². The topological polar surface area (TPSA) is 112 Å². The number of halogens is 2. The van der Waals surface area contributed by atoms with Crippen LogP contribution in [0.1, 0.15) is 47.9 Å². The van der Waals surface area contributed by atoms with E-state index in [2.05, 4.69) is 20.9 Å². The van der Waals surface area contributed by atoms with Gasteiger partial charge in [-0.3, -0.25) is 4.68 Å². The molecule has 0 radical (unpaired) electrons. The van der Waals surface area contributed by atoms with Gasteiger partial charge in [0.05, 0.1) is 23.9 Å². The molecule has 0 amide bonds. The molecule has 1 fully saturated rings. The number of fused-ring (bicyclic) bond motifs is 2. The number of aromatic nitrogens is 2. The van der Waals surface area contributed by atoms with E-state index in [1.54, 1.807) is 0 Å². The summed E-state index contributed by atoms with van der Waals surface area (Å²) < 4.78 is 63.4. The number of benzene rings is 1. The number of alkyl halides is 2. The molecule has 1 aliphatic heterocycles. The number of aryl methyl sites for hydroxylation is 2. The molecule has 1 aromatic carbocycles. The number of hydrogen-bond acceptors (Lipinski definition) is 5. The molecule has 0 bridgehead atoms. The molecule has 0 unspecified atom stereocenters. The van der Waals surface area contributed by atoms with Crippen LogP contribution >= 0.6 is 0 Å². The fraction of sp³-hybridized carbons (Fsp3) is 0.565. The van der Waals surface area contributed by atoms with Crippen molar-refractivity contribution in [3.8, 4) is 0 Å². The Bertz CT molecular complexity index is 1190. The summed E-state index contributed by atoms with van der Waals surface area (Å²) in [6.45, 7) is 0.0240. The average molecular weight is 509 g/mol. The van der Waals surface area contributed by atoms with Crippen molar-refractivity contribution in [1.29, 1.82) is 0 Å². The first kappa shape index (κ1) is 24.0. The van der Waals surface area contributed by atoms with Crippen molar-refractivity contribution >= 4 is 27.6 Å². The van der Waals surface area contributed by atoms with Crippen molar-refractivity contribution in [3.05, 3.63) is 40.7 Å². The normalized spacial score (nSPS) is 18.7. The van der Waals surface area contributed by atoms with E-state index >= 15 is 0 Å². The van der Waals surface area contributed by atoms with Crippen LogP contribution in [0.25, 0.3) is 0 Å². The predicted octanol–water partition coefficient (Wildman–Crippen LogP) is 2.18. The number of amidine groups is 1. The SMILES string of the molecule is O=S(=O)(/N=C(\[O-])Nc1c2c(cc3c1CCC3)CCC2)N(c1cnn(CC(F)F)c1)C1CCOCC1. The molecule has 2 aliphatic carbocycles. The summed E-state index contributed by atoms with van der Waals surface area (Å²) in [7, 11) is -4.49. The fourth-order valence-corrected chi connectivity index (χ4v) is 6.70. The number of anilines is 2. The lowest BCUT2D eigenvalue weighted by molar-refractivity contribution is -0.213. The van der Waals surface area contributed by atoms with Gasteiger partial charge in [-0.2, -0.15) is 13.5 Å². The lowest BCUT2D eigenvalue weighted by Gasteiger charge is -2.33. The highest BCUT2D eigenvalue weighted by atomic mass is 32.2. The molecule has 2 aromatic rings. The van der Waals surface area contributed by atoms with E-state index in [0.717, 1.165) is 58.6 Å². The Hall–Kier alpha value is -2.73. The minimum atomic E-state index is -4.49. The second kappa shape index (κ2) is 9.73. The van der Waals surface area contributed by atoms with Gasteiger partial charge in [0.15, 0.2) is 0 Å². The van der Waals surface area contributed by atoms with E-state index in [-0.39, 0.29) is 5.69 Å². The van der Waals surface area contributed by atoms with Crippen molar-refractivity contribution < 1.29 is 27.0 Å². The number of hydrogen-bond donors (Lipinski definition) is 1. The lowest BCUT2D eigenvalue weighted by atomic mass is 9.99. The monoisotopic (exact) mass is 508 g/mol. The molecule has 2 heterocycles. The molecule has 5 rings (SSSR count). The van der Waals surface area contributed by atoms with Crippen LogP contribution in [-0.4, -0.2) is 49.9 Å². The molecule has 0 spiro atoms. The number of rotatable bonds is 7. The first-order chi connectivity index (χ1) is 16.8. The third kappa shape index (κ3) is 4.99. The molecule has 1 saturated heterocycles. The second-order valence-corrected chi connectivity index (χ2v) is 10.7. The highest BCUT2D eigenvalue weighted by Gasteiger charge is 2.33. The van der Waals surface area contributed by atoms with Crippen LogP contribution in [0.5, 0.6) is 0 Å². The maximum absolute atomic E-state index is 13.4. The first-order valence-electron chi connectivity index (χ1n) is 11.9. The van der Waals surface area contributed by atoms with Gasteiger partial charge >= 0.3 is 10.2 Å². The van der Waals surface area contributed by atoms with Crippen LogP contribution in [-0.2, 0) is 47.2 Å².